The van der Waals surface area contributed by atoms with Gasteiger partial charge in [-0.15, -0.1) is 0 Å². The van der Waals surface area contributed by atoms with E-state index in [-0.39, 0.29) is 18.9 Å². The summed E-state index contributed by atoms with van der Waals surface area (Å²) in [6.07, 6.45) is -0.0123. The second-order valence-corrected chi connectivity index (χ2v) is 8.87. The average molecular weight is 436 g/mol. The molecule has 0 aliphatic carbocycles. The summed E-state index contributed by atoms with van der Waals surface area (Å²) < 4.78 is 16.0. The SMILES string of the molecule is C=CCOC(=O)[C@H](CC(C)C)OC(=O)C[C@@H](Cc1ccccc1)NC(O)OC(C)(C)C. The van der Waals surface area contributed by atoms with Crippen LogP contribution in [0.15, 0.2) is 43.0 Å². The molecule has 7 heteroatoms. The molecule has 0 spiro atoms. The lowest BCUT2D eigenvalue weighted by Gasteiger charge is -2.28. The fourth-order valence-electron chi connectivity index (χ4n) is 2.92. The van der Waals surface area contributed by atoms with E-state index in [1.807, 2.05) is 65.0 Å². The van der Waals surface area contributed by atoms with Gasteiger partial charge in [0.25, 0.3) is 0 Å². The molecule has 31 heavy (non-hydrogen) atoms. The summed E-state index contributed by atoms with van der Waals surface area (Å²) in [5, 5.41) is 13.2. The van der Waals surface area contributed by atoms with Crippen LogP contribution in [0.4, 0.5) is 0 Å². The Kier molecular flexibility index (Phi) is 11.5. The van der Waals surface area contributed by atoms with Gasteiger partial charge in [0.2, 0.25) is 6.41 Å². The number of hydrogen-bond donors (Lipinski definition) is 2. The lowest BCUT2D eigenvalue weighted by Crippen LogP contribution is -2.46. The summed E-state index contributed by atoms with van der Waals surface area (Å²) in [6.45, 7) is 12.9. The Morgan fingerprint density at radius 2 is 1.84 bits per heavy atom. The lowest BCUT2D eigenvalue weighted by atomic mass is 10.0. The first kappa shape index (κ1) is 26.8. The molecule has 0 fully saturated rings. The number of esters is 2. The van der Waals surface area contributed by atoms with Gasteiger partial charge in [-0.2, -0.15) is 0 Å². The molecule has 7 nitrogen and oxygen atoms in total. The van der Waals surface area contributed by atoms with E-state index < -0.39 is 36.1 Å². The summed E-state index contributed by atoms with van der Waals surface area (Å²) in [5.74, 6) is -1.02. The smallest absolute Gasteiger partial charge is 0.347 e. The predicted molar refractivity (Wildman–Crippen MR) is 119 cm³/mol. The van der Waals surface area contributed by atoms with E-state index in [4.69, 9.17) is 14.2 Å². The zero-order valence-corrected chi connectivity index (χ0v) is 19.3. The van der Waals surface area contributed by atoms with Crippen molar-refractivity contribution < 1.29 is 28.9 Å². The predicted octanol–water partition coefficient (Wildman–Crippen LogP) is 3.36. The zero-order chi connectivity index (χ0) is 23.4. The van der Waals surface area contributed by atoms with Crippen LogP contribution in [0.3, 0.4) is 0 Å². The van der Waals surface area contributed by atoms with Crippen LogP contribution in [-0.4, -0.2) is 47.8 Å². The Labute approximate surface area is 185 Å². The largest absolute Gasteiger partial charge is 0.459 e. The van der Waals surface area contributed by atoms with Gasteiger partial charge in [0.15, 0.2) is 6.10 Å². The van der Waals surface area contributed by atoms with Crippen LogP contribution >= 0.6 is 0 Å². The second kappa shape index (κ2) is 13.2. The number of aliphatic hydroxyl groups is 1. The molecule has 0 aliphatic rings. The monoisotopic (exact) mass is 435 g/mol. The molecule has 0 aliphatic heterocycles. The van der Waals surface area contributed by atoms with E-state index >= 15 is 0 Å². The number of hydrogen-bond acceptors (Lipinski definition) is 7. The van der Waals surface area contributed by atoms with E-state index in [1.54, 1.807) is 0 Å². The maximum Gasteiger partial charge on any atom is 0.347 e. The van der Waals surface area contributed by atoms with E-state index in [0.29, 0.717) is 12.8 Å². The molecule has 0 radical (unpaired) electrons. The van der Waals surface area contributed by atoms with Crippen molar-refractivity contribution in [1.82, 2.24) is 5.32 Å². The van der Waals surface area contributed by atoms with Crippen LogP contribution < -0.4 is 5.32 Å². The molecule has 0 aromatic heterocycles. The van der Waals surface area contributed by atoms with Crippen molar-refractivity contribution >= 4 is 11.9 Å². The van der Waals surface area contributed by atoms with Gasteiger partial charge in [-0.3, -0.25) is 10.1 Å². The molecule has 1 unspecified atom stereocenters. The second-order valence-electron chi connectivity index (χ2n) is 8.87. The number of aliphatic hydroxyl groups excluding tert-OH is 1. The Balaban J connectivity index is 2.84. The number of benzene rings is 1. The van der Waals surface area contributed by atoms with E-state index in [1.165, 1.54) is 6.08 Å². The van der Waals surface area contributed by atoms with Crippen molar-refractivity contribution in [3.8, 4) is 0 Å². The highest BCUT2D eigenvalue weighted by atomic mass is 16.6. The highest BCUT2D eigenvalue weighted by Crippen LogP contribution is 2.15. The van der Waals surface area contributed by atoms with Gasteiger partial charge in [0.05, 0.1) is 12.0 Å². The summed E-state index contributed by atoms with van der Waals surface area (Å²) in [6, 6.07) is 9.12. The number of carbonyl (C=O) groups excluding carboxylic acids is 2. The Bertz CT molecular complexity index is 683. The van der Waals surface area contributed by atoms with Crippen LogP contribution in [-0.2, 0) is 30.2 Å². The van der Waals surface area contributed by atoms with Crippen molar-refractivity contribution in [3.05, 3.63) is 48.6 Å². The van der Waals surface area contributed by atoms with E-state index in [0.717, 1.165) is 5.56 Å². The molecule has 3 atom stereocenters. The third kappa shape index (κ3) is 12.3. The van der Waals surface area contributed by atoms with Crippen LogP contribution in [0.25, 0.3) is 0 Å². The molecule has 1 aromatic carbocycles. The zero-order valence-electron chi connectivity index (χ0n) is 19.3. The van der Waals surface area contributed by atoms with Crippen molar-refractivity contribution in [2.24, 2.45) is 5.92 Å². The van der Waals surface area contributed by atoms with Crippen molar-refractivity contribution in [3.63, 3.8) is 0 Å². The molecule has 1 aromatic rings. The summed E-state index contributed by atoms with van der Waals surface area (Å²) in [7, 11) is 0. The maximum atomic E-state index is 12.7. The fourth-order valence-corrected chi connectivity index (χ4v) is 2.92. The number of rotatable bonds is 13. The van der Waals surface area contributed by atoms with E-state index in [2.05, 4.69) is 11.9 Å². The van der Waals surface area contributed by atoms with Gasteiger partial charge in [-0.25, -0.2) is 4.79 Å². The molecule has 2 N–H and O–H groups in total. The first-order chi connectivity index (χ1) is 14.5. The molecule has 0 saturated heterocycles. The number of nitrogens with one attached hydrogen (secondary N) is 1. The summed E-state index contributed by atoms with van der Waals surface area (Å²) in [4.78, 5) is 24.9. The topological polar surface area (TPSA) is 94.1 Å². The molecular weight excluding hydrogens is 398 g/mol. The van der Waals surface area contributed by atoms with Crippen molar-refractivity contribution in [1.29, 1.82) is 0 Å². The summed E-state index contributed by atoms with van der Waals surface area (Å²) in [5.41, 5.74) is 0.418. The quantitative estimate of drug-likeness (QED) is 0.279. The van der Waals surface area contributed by atoms with Crippen LogP contribution in [0.5, 0.6) is 0 Å². The van der Waals surface area contributed by atoms with Crippen molar-refractivity contribution in [2.45, 2.75) is 78.0 Å². The lowest BCUT2D eigenvalue weighted by molar-refractivity contribution is -0.187. The highest BCUT2D eigenvalue weighted by Gasteiger charge is 2.28. The van der Waals surface area contributed by atoms with Crippen LogP contribution in [0, 0.1) is 5.92 Å². The third-order valence-electron chi connectivity index (χ3n) is 4.15. The molecule has 0 amide bonds. The van der Waals surface area contributed by atoms with Gasteiger partial charge in [-0.1, -0.05) is 56.8 Å². The standard InChI is InChI=1S/C24H37NO6/c1-7-13-29-22(27)20(14-17(2)3)30-21(26)16-19(15-18-11-9-8-10-12-18)25-23(28)31-24(4,5)6/h7-12,17,19-20,23,25,28H,1,13-16H2,2-6H3/t19-,20+,23?/m1/s1. The van der Waals surface area contributed by atoms with Crippen LogP contribution in [0.1, 0.15) is 53.0 Å². The molecule has 174 valence electrons. The minimum atomic E-state index is -1.26. The third-order valence-corrected chi connectivity index (χ3v) is 4.15. The minimum absolute atomic E-state index is 0.0528. The number of carbonyl (C=O) groups is 2. The first-order valence-corrected chi connectivity index (χ1v) is 10.6. The fraction of sp³-hybridized carbons (Fsp3) is 0.583. The van der Waals surface area contributed by atoms with Crippen molar-refractivity contribution in [2.75, 3.05) is 6.61 Å². The van der Waals surface area contributed by atoms with Crippen LogP contribution in [0.2, 0.25) is 0 Å². The number of ether oxygens (including phenoxy) is 3. The minimum Gasteiger partial charge on any atom is -0.459 e. The van der Waals surface area contributed by atoms with Gasteiger partial charge >= 0.3 is 11.9 Å². The average Bonchev–Trinajstić information content (AvgIpc) is 2.64. The van der Waals surface area contributed by atoms with Gasteiger partial charge in [-0.05, 0) is 45.1 Å². The maximum absolute atomic E-state index is 12.7. The van der Waals surface area contributed by atoms with Gasteiger partial charge < -0.3 is 19.3 Å². The normalized spacial score (nSPS) is 14.5. The molecule has 1 rings (SSSR count). The Hall–Kier alpha value is -2.22. The molecular formula is C24H37NO6. The summed E-state index contributed by atoms with van der Waals surface area (Å²) >= 11 is 0. The highest BCUT2D eigenvalue weighted by molar-refractivity contribution is 5.79. The Morgan fingerprint density at radius 3 is 2.39 bits per heavy atom. The van der Waals surface area contributed by atoms with Gasteiger partial charge in [0, 0.05) is 6.04 Å². The molecule has 0 heterocycles. The molecule has 0 bridgehead atoms. The Morgan fingerprint density at radius 1 is 1.19 bits per heavy atom. The molecule has 0 saturated carbocycles. The van der Waals surface area contributed by atoms with E-state index in [9.17, 15) is 14.7 Å². The van der Waals surface area contributed by atoms with Gasteiger partial charge in [0.1, 0.15) is 6.61 Å². The first-order valence-electron chi connectivity index (χ1n) is 10.6.